The highest BCUT2D eigenvalue weighted by Crippen LogP contribution is 2.20. The lowest BCUT2D eigenvalue weighted by Gasteiger charge is -2.23. The molecule has 0 aromatic heterocycles. The minimum Gasteiger partial charge on any atom is -0.379 e. The Labute approximate surface area is 104 Å². The number of carbonyl (C=O) groups is 1. The standard InChI is InChI=1S/C13H24N2O2/c1-2-11-4-3-7-15(8-5-11)13(16)14-12-6-9-17-10-12/h11-12H,2-10H2,1H3,(H,14,16). The minimum atomic E-state index is 0.109. The molecule has 0 bridgehead atoms. The van der Waals surface area contributed by atoms with E-state index in [2.05, 4.69) is 12.2 Å². The SMILES string of the molecule is CCC1CCCN(C(=O)NC2CCOC2)CC1. The first kappa shape index (κ1) is 12.7. The average molecular weight is 240 g/mol. The van der Waals surface area contributed by atoms with Gasteiger partial charge in [-0.25, -0.2) is 4.79 Å². The maximum Gasteiger partial charge on any atom is 0.317 e. The van der Waals surface area contributed by atoms with Gasteiger partial charge in [0.05, 0.1) is 12.6 Å². The highest BCUT2D eigenvalue weighted by Gasteiger charge is 2.23. The van der Waals surface area contributed by atoms with E-state index >= 15 is 0 Å². The molecule has 2 aliphatic heterocycles. The van der Waals surface area contributed by atoms with E-state index in [9.17, 15) is 4.79 Å². The van der Waals surface area contributed by atoms with E-state index in [0.29, 0.717) is 6.61 Å². The van der Waals surface area contributed by atoms with Gasteiger partial charge in [0.25, 0.3) is 0 Å². The van der Waals surface area contributed by atoms with E-state index in [1.54, 1.807) is 0 Å². The van der Waals surface area contributed by atoms with Crippen molar-refractivity contribution in [2.24, 2.45) is 5.92 Å². The summed E-state index contributed by atoms with van der Waals surface area (Å²) in [7, 11) is 0. The average Bonchev–Trinajstić information content (AvgIpc) is 2.71. The summed E-state index contributed by atoms with van der Waals surface area (Å²) in [6.45, 7) is 5.53. The number of carbonyl (C=O) groups excluding carboxylic acids is 1. The van der Waals surface area contributed by atoms with Crippen molar-refractivity contribution in [1.29, 1.82) is 0 Å². The maximum absolute atomic E-state index is 12.1. The Hall–Kier alpha value is -0.770. The fourth-order valence-electron chi connectivity index (χ4n) is 2.69. The molecule has 2 rings (SSSR count). The van der Waals surface area contributed by atoms with Crippen LogP contribution in [0.2, 0.25) is 0 Å². The summed E-state index contributed by atoms with van der Waals surface area (Å²) < 4.78 is 5.27. The van der Waals surface area contributed by atoms with Crippen LogP contribution in [0.4, 0.5) is 4.79 Å². The van der Waals surface area contributed by atoms with Gasteiger partial charge in [0.1, 0.15) is 0 Å². The van der Waals surface area contributed by atoms with Gasteiger partial charge in [-0.15, -0.1) is 0 Å². The quantitative estimate of drug-likeness (QED) is 0.802. The Morgan fingerprint density at radius 2 is 2.24 bits per heavy atom. The molecule has 0 aliphatic carbocycles. The number of urea groups is 1. The molecule has 0 spiro atoms. The predicted octanol–water partition coefficient (Wildman–Crippen LogP) is 2.00. The topological polar surface area (TPSA) is 41.6 Å². The highest BCUT2D eigenvalue weighted by molar-refractivity contribution is 5.74. The van der Waals surface area contributed by atoms with Crippen LogP contribution >= 0.6 is 0 Å². The second-order valence-corrected chi connectivity index (χ2v) is 5.20. The molecule has 2 heterocycles. The molecular formula is C13H24N2O2. The summed E-state index contributed by atoms with van der Waals surface area (Å²) in [5, 5.41) is 3.07. The zero-order chi connectivity index (χ0) is 12.1. The van der Waals surface area contributed by atoms with Crippen LogP contribution in [0.1, 0.15) is 39.0 Å². The van der Waals surface area contributed by atoms with Crippen molar-refractivity contribution in [2.45, 2.75) is 45.1 Å². The van der Waals surface area contributed by atoms with Crippen molar-refractivity contribution in [3.05, 3.63) is 0 Å². The monoisotopic (exact) mass is 240 g/mol. The zero-order valence-corrected chi connectivity index (χ0v) is 10.8. The fraction of sp³-hybridized carbons (Fsp3) is 0.923. The molecule has 2 aliphatic rings. The number of nitrogens with zero attached hydrogens (tertiary/aromatic N) is 1. The molecule has 2 fully saturated rings. The van der Waals surface area contributed by atoms with E-state index < -0.39 is 0 Å². The minimum absolute atomic E-state index is 0.109. The van der Waals surface area contributed by atoms with Gasteiger partial charge >= 0.3 is 6.03 Å². The van der Waals surface area contributed by atoms with Crippen LogP contribution in [0, 0.1) is 5.92 Å². The number of nitrogens with one attached hydrogen (secondary N) is 1. The predicted molar refractivity (Wildman–Crippen MR) is 67.0 cm³/mol. The maximum atomic E-state index is 12.1. The normalized spacial score (nSPS) is 30.1. The van der Waals surface area contributed by atoms with Gasteiger partial charge in [-0.1, -0.05) is 13.3 Å². The van der Waals surface area contributed by atoms with E-state index in [1.165, 1.54) is 12.8 Å². The third-order valence-electron chi connectivity index (χ3n) is 3.97. The fourth-order valence-corrected chi connectivity index (χ4v) is 2.69. The van der Waals surface area contributed by atoms with Crippen LogP contribution in [-0.4, -0.2) is 43.3 Å². The third kappa shape index (κ3) is 3.60. The highest BCUT2D eigenvalue weighted by atomic mass is 16.5. The summed E-state index contributed by atoms with van der Waals surface area (Å²) in [4.78, 5) is 14.0. The van der Waals surface area contributed by atoms with Gasteiger partial charge in [-0.05, 0) is 31.6 Å². The molecule has 0 saturated carbocycles. The summed E-state index contributed by atoms with van der Waals surface area (Å²) >= 11 is 0. The van der Waals surface area contributed by atoms with Crippen molar-refractivity contribution in [3.8, 4) is 0 Å². The second-order valence-electron chi connectivity index (χ2n) is 5.20. The van der Waals surface area contributed by atoms with Crippen LogP contribution in [0.25, 0.3) is 0 Å². The molecule has 0 radical (unpaired) electrons. The molecule has 98 valence electrons. The molecule has 0 aromatic carbocycles. The summed E-state index contributed by atoms with van der Waals surface area (Å²) in [5.74, 6) is 0.808. The van der Waals surface area contributed by atoms with Gasteiger partial charge < -0.3 is 15.0 Å². The second kappa shape index (κ2) is 6.24. The van der Waals surface area contributed by atoms with Crippen molar-refractivity contribution in [3.63, 3.8) is 0 Å². The first-order valence-corrected chi connectivity index (χ1v) is 6.92. The van der Waals surface area contributed by atoms with Gasteiger partial charge in [-0.3, -0.25) is 0 Å². The molecule has 2 unspecified atom stereocenters. The summed E-state index contributed by atoms with van der Waals surface area (Å²) in [6, 6.07) is 0.338. The largest absolute Gasteiger partial charge is 0.379 e. The smallest absolute Gasteiger partial charge is 0.317 e. The molecule has 4 nitrogen and oxygen atoms in total. The van der Waals surface area contributed by atoms with E-state index in [4.69, 9.17) is 4.74 Å². The lowest BCUT2D eigenvalue weighted by molar-refractivity contribution is 0.178. The Balaban J connectivity index is 1.78. The van der Waals surface area contributed by atoms with Crippen molar-refractivity contribution >= 4 is 6.03 Å². The van der Waals surface area contributed by atoms with E-state index in [1.807, 2.05) is 4.90 Å². The van der Waals surface area contributed by atoms with Gasteiger partial charge in [0.15, 0.2) is 0 Å². The van der Waals surface area contributed by atoms with Crippen LogP contribution < -0.4 is 5.32 Å². The van der Waals surface area contributed by atoms with E-state index in [-0.39, 0.29) is 12.1 Å². The number of likely N-dealkylation sites (tertiary alicyclic amines) is 1. The number of rotatable bonds is 2. The Morgan fingerprint density at radius 1 is 1.35 bits per heavy atom. The van der Waals surface area contributed by atoms with Crippen molar-refractivity contribution < 1.29 is 9.53 Å². The molecule has 2 atom stereocenters. The molecule has 17 heavy (non-hydrogen) atoms. The molecular weight excluding hydrogens is 216 g/mol. The Kier molecular flexibility index (Phi) is 4.66. The lowest BCUT2D eigenvalue weighted by Crippen LogP contribution is -2.45. The first-order chi connectivity index (χ1) is 8.29. The molecule has 4 heteroatoms. The van der Waals surface area contributed by atoms with Gasteiger partial charge in [0.2, 0.25) is 0 Å². The number of ether oxygens (including phenoxy) is 1. The molecule has 2 saturated heterocycles. The lowest BCUT2D eigenvalue weighted by atomic mass is 9.98. The van der Waals surface area contributed by atoms with Gasteiger partial charge in [-0.2, -0.15) is 0 Å². The zero-order valence-electron chi connectivity index (χ0n) is 10.8. The number of hydrogen-bond donors (Lipinski definition) is 1. The molecule has 1 N–H and O–H groups in total. The Morgan fingerprint density at radius 3 is 2.94 bits per heavy atom. The summed E-state index contributed by atoms with van der Waals surface area (Å²) in [5.41, 5.74) is 0. The van der Waals surface area contributed by atoms with E-state index in [0.717, 1.165) is 44.9 Å². The van der Waals surface area contributed by atoms with Gasteiger partial charge in [0, 0.05) is 19.7 Å². The first-order valence-electron chi connectivity index (χ1n) is 6.92. The van der Waals surface area contributed by atoms with Crippen LogP contribution in [0.3, 0.4) is 0 Å². The molecule has 0 aromatic rings. The van der Waals surface area contributed by atoms with Crippen molar-refractivity contribution in [1.82, 2.24) is 10.2 Å². The third-order valence-corrected chi connectivity index (χ3v) is 3.97. The van der Waals surface area contributed by atoms with Crippen LogP contribution in [0.15, 0.2) is 0 Å². The van der Waals surface area contributed by atoms with Crippen molar-refractivity contribution in [2.75, 3.05) is 26.3 Å². The summed E-state index contributed by atoms with van der Waals surface area (Å²) in [6.07, 6.45) is 5.77. The number of amides is 2. The van der Waals surface area contributed by atoms with Crippen LogP contribution in [0.5, 0.6) is 0 Å². The number of hydrogen-bond acceptors (Lipinski definition) is 2. The van der Waals surface area contributed by atoms with Crippen LogP contribution in [-0.2, 0) is 4.74 Å². The Bertz CT molecular complexity index is 252. The molecule has 2 amide bonds.